The number of aryl methyl sites for hydroxylation is 1. The van der Waals surface area contributed by atoms with E-state index in [1.165, 1.54) is 23.9 Å². The Hall–Kier alpha value is -3.04. The fourth-order valence-corrected chi connectivity index (χ4v) is 5.26. The number of halogens is 4. The highest BCUT2D eigenvalue weighted by Gasteiger charge is 2.26. The molecule has 1 atom stereocenters. The van der Waals surface area contributed by atoms with Crippen molar-refractivity contribution >= 4 is 58.5 Å². The summed E-state index contributed by atoms with van der Waals surface area (Å²) in [7, 11) is 0. The van der Waals surface area contributed by atoms with Crippen molar-refractivity contribution in [2.45, 2.75) is 41.5 Å². The first-order chi connectivity index (χ1) is 20.6. The lowest BCUT2D eigenvalue weighted by Gasteiger charge is -2.18. The first-order valence-corrected chi connectivity index (χ1v) is 15.5. The van der Waals surface area contributed by atoms with E-state index in [1.54, 1.807) is 19.1 Å². The monoisotopic (exact) mass is 663 g/mol. The van der Waals surface area contributed by atoms with Gasteiger partial charge in [0, 0.05) is 10.5 Å². The van der Waals surface area contributed by atoms with Crippen molar-refractivity contribution in [1.29, 1.82) is 0 Å². The van der Waals surface area contributed by atoms with Gasteiger partial charge in [0.05, 0.1) is 18.0 Å². The molecule has 1 heterocycles. The minimum absolute atomic E-state index is 0.00579. The molecular formula is C32H29Cl3FNO5S. The van der Waals surface area contributed by atoms with Crippen LogP contribution in [0.5, 0.6) is 0 Å². The van der Waals surface area contributed by atoms with E-state index in [2.05, 4.69) is 4.98 Å². The number of esters is 2. The van der Waals surface area contributed by atoms with Gasteiger partial charge in [-0.15, -0.1) is 11.8 Å². The van der Waals surface area contributed by atoms with Crippen LogP contribution in [0, 0.1) is 18.7 Å². The van der Waals surface area contributed by atoms with E-state index in [0.717, 1.165) is 21.6 Å². The normalized spacial score (nSPS) is 12.1. The number of aromatic nitrogens is 1. The fourth-order valence-electron chi connectivity index (χ4n) is 4.13. The molecule has 1 aromatic heterocycles. The van der Waals surface area contributed by atoms with Gasteiger partial charge >= 0.3 is 11.9 Å². The predicted octanol–water partition coefficient (Wildman–Crippen LogP) is 8.33. The number of alkyl halides is 3. The van der Waals surface area contributed by atoms with Crippen LogP contribution < -0.4 is 0 Å². The maximum absolute atomic E-state index is 13.2. The lowest BCUT2D eigenvalue weighted by atomic mass is 9.96. The number of ether oxygens (including phenoxy) is 2. The van der Waals surface area contributed by atoms with Crippen molar-refractivity contribution in [2.75, 3.05) is 12.4 Å². The van der Waals surface area contributed by atoms with Crippen LogP contribution in [0.1, 0.15) is 29.0 Å². The third-order valence-electron chi connectivity index (χ3n) is 6.39. The standard InChI is InChI=1S/C32H29Cl3FNO5S/c1-21-28(37-30(42-21)24-5-3-2-4-6-24)18-29(38)40-19-23-9-7-22(8-10-23)17-25(31(39)41-20-32(33,34)35)15-16-43-27-13-11-26(36)12-14-27/h2-14,25H,15-20H2,1H3. The number of carbonyl (C=O) groups excluding carboxylic acids is 2. The number of benzene rings is 3. The highest BCUT2D eigenvalue weighted by Crippen LogP contribution is 2.28. The first kappa shape index (κ1) is 32.9. The maximum atomic E-state index is 13.2. The minimum atomic E-state index is -1.71. The second-order valence-electron chi connectivity index (χ2n) is 9.76. The van der Waals surface area contributed by atoms with Crippen LogP contribution in [0.25, 0.3) is 11.5 Å². The van der Waals surface area contributed by atoms with Crippen molar-refractivity contribution in [3.8, 4) is 11.5 Å². The number of hydrogen-bond donors (Lipinski definition) is 0. The lowest BCUT2D eigenvalue weighted by Crippen LogP contribution is -2.25. The van der Waals surface area contributed by atoms with Gasteiger partial charge in [0.15, 0.2) is 0 Å². The van der Waals surface area contributed by atoms with Crippen LogP contribution >= 0.6 is 46.6 Å². The van der Waals surface area contributed by atoms with E-state index in [4.69, 9.17) is 48.7 Å². The summed E-state index contributed by atoms with van der Waals surface area (Å²) < 4.78 is 28.0. The SMILES string of the molecule is Cc1oc(-c2ccccc2)nc1CC(=O)OCc1ccc(CC(CCSc2ccc(F)cc2)C(=O)OCC(Cl)(Cl)Cl)cc1. The molecule has 0 spiro atoms. The molecule has 0 aliphatic carbocycles. The summed E-state index contributed by atoms with van der Waals surface area (Å²) in [6, 6.07) is 23.1. The lowest BCUT2D eigenvalue weighted by molar-refractivity contribution is -0.148. The van der Waals surface area contributed by atoms with Gasteiger partial charge < -0.3 is 13.9 Å². The molecule has 0 N–H and O–H groups in total. The predicted molar refractivity (Wildman–Crippen MR) is 167 cm³/mol. The van der Waals surface area contributed by atoms with Gasteiger partial charge in [-0.3, -0.25) is 9.59 Å². The molecule has 0 aliphatic heterocycles. The molecule has 0 saturated heterocycles. The Kier molecular flexibility index (Phi) is 11.9. The van der Waals surface area contributed by atoms with E-state index < -0.39 is 21.6 Å². The maximum Gasteiger partial charge on any atom is 0.312 e. The molecule has 226 valence electrons. The van der Waals surface area contributed by atoms with E-state index in [-0.39, 0.29) is 25.5 Å². The molecule has 6 nitrogen and oxygen atoms in total. The van der Waals surface area contributed by atoms with Crippen LogP contribution in [0.2, 0.25) is 0 Å². The third kappa shape index (κ3) is 10.9. The summed E-state index contributed by atoms with van der Waals surface area (Å²) in [5.41, 5.74) is 3.05. The zero-order valence-electron chi connectivity index (χ0n) is 23.2. The average Bonchev–Trinajstić information content (AvgIpc) is 3.35. The van der Waals surface area contributed by atoms with Crippen LogP contribution in [-0.2, 0) is 38.5 Å². The molecule has 0 radical (unpaired) electrons. The second-order valence-corrected chi connectivity index (χ2v) is 13.4. The van der Waals surface area contributed by atoms with Gasteiger partial charge in [-0.25, -0.2) is 9.37 Å². The van der Waals surface area contributed by atoms with E-state index in [0.29, 0.717) is 35.9 Å². The zero-order chi connectivity index (χ0) is 30.8. The van der Waals surface area contributed by atoms with Crippen LogP contribution in [0.3, 0.4) is 0 Å². The number of thioether (sulfide) groups is 1. The molecule has 0 bridgehead atoms. The summed E-state index contributed by atoms with van der Waals surface area (Å²) in [6.07, 6.45) is 0.889. The van der Waals surface area contributed by atoms with E-state index in [1.807, 2.05) is 54.6 Å². The van der Waals surface area contributed by atoms with Crippen molar-refractivity contribution in [1.82, 2.24) is 4.98 Å². The Morgan fingerprint density at radius 3 is 2.30 bits per heavy atom. The topological polar surface area (TPSA) is 78.6 Å². The molecule has 4 rings (SSSR count). The first-order valence-electron chi connectivity index (χ1n) is 13.4. The Balaban J connectivity index is 1.30. The molecule has 3 aromatic carbocycles. The Morgan fingerprint density at radius 1 is 0.953 bits per heavy atom. The molecule has 0 aliphatic rings. The molecule has 0 fully saturated rings. The van der Waals surface area contributed by atoms with Gasteiger partial charge in [0.2, 0.25) is 9.68 Å². The molecule has 43 heavy (non-hydrogen) atoms. The summed E-state index contributed by atoms with van der Waals surface area (Å²) in [5, 5.41) is 0. The largest absolute Gasteiger partial charge is 0.461 e. The molecule has 11 heteroatoms. The van der Waals surface area contributed by atoms with Gasteiger partial charge in [-0.2, -0.15) is 0 Å². The highest BCUT2D eigenvalue weighted by atomic mass is 35.6. The van der Waals surface area contributed by atoms with Crippen molar-refractivity contribution in [3.63, 3.8) is 0 Å². The molecule has 1 unspecified atom stereocenters. The Labute approximate surface area is 268 Å². The number of hydrogen-bond acceptors (Lipinski definition) is 7. The van der Waals surface area contributed by atoms with Gasteiger partial charge in [-0.1, -0.05) is 77.3 Å². The third-order valence-corrected chi connectivity index (χ3v) is 7.76. The smallest absolute Gasteiger partial charge is 0.312 e. The van der Waals surface area contributed by atoms with Crippen LogP contribution in [0.15, 0.2) is 88.2 Å². The summed E-state index contributed by atoms with van der Waals surface area (Å²) >= 11 is 18.8. The average molecular weight is 665 g/mol. The molecule has 4 aromatic rings. The van der Waals surface area contributed by atoms with E-state index >= 15 is 0 Å². The van der Waals surface area contributed by atoms with Crippen molar-refractivity contribution in [3.05, 3.63) is 107 Å². The molecular weight excluding hydrogens is 636 g/mol. The minimum Gasteiger partial charge on any atom is -0.461 e. The molecule has 0 saturated carbocycles. The van der Waals surface area contributed by atoms with Crippen LogP contribution in [-0.4, -0.2) is 33.1 Å². The summed E-state index contributed by atoms with van der Waals surface area (Å²) in [6.45, 7) is 1.50. The Bertz CT molecular complexity index is 1490. The highest BCUT2D eigenvalue weighted by molar-refractivity contribution is 7.99. The van der Waals surface area contributed by atoms with Gasteiger partial charge in [0.25, 0.3) is 0 Å². The number of rotatable bonds is 13. The summed E-state index contributed by atoms with van der Waals surface area (Å²) in [5.74, 6) is -0.0599. The van der Waals surface area contributed by atoms with Gasteiger partial charge in [-0.05, 0) is 73.0 Å². The fraction of sp³-hybridized carbons (Fsp3) is 0.281. The number of nitrogens with zero attached hydrogens (tertiary/aromatic N) is 1. The summed E-state index contributed by atoms with van der Waals surface area (Å²) in [4.78, 5) is 30.7. The zero-order valence-corrected chi connectivity index (χ0v) is 26.3. The number of carbonyl (C=O) groups is 2. The van der Waals surface area contributed by atoms with Crippen molar-refractivity contribution < 1.29 is 27.9 Å². The Morgan fingerprint density at radius 2 is 1.63 bits per heavy atom. The van der Waals surface area contributed by atoms with Gasteiger partial charge in [0.1, 0.15) is 24.8 Å². The second kappa shape index (κ2) is 15.6. The quantitative estimate of drug-likeness (QED) is 0.0808. The van der Waals surface area contributed by atoms with Crippen molar-refractivity contribution in [2.24, 2.45) is 5.92 Å². The van der Waals surface area contributed by atoms with Crippen LogP contribution in [0.4, 0.5) is 4.39 Å². The van der Waals surface area contributed by atoms with E-state index in [9.17, 15) is 14.0 Å². The molecule has 0 amide bonds. The number of oxazole rings is 1.